The Kier molecular flexibility index (Phi) is 6.82. The van der Waals surface area contributed by atoms with Crippen molar-refractivity contribution in [1.29, 1.82) is 0 Å². The molecule has 138 valence electrons. The summed E-state index contributed by atoms with van der Waals surface area (Å²) in [6, 6.07) is -0.244. The van der Waals surface area contributed by atoms with Crippen molar-refractivity contribution in [3.05, 3.63) is 0 Å². The molecule has 0 aromatic heterocycles. The van der Waals surface area contributed by atoms with E-state index < -0.39 is 18.3 Å². The van der Waals surface area contributed by atoms with Crippen molar-refractivity contribution < 1.29 is 24.2 Å². The minimum absolute atomic E-state index is 0.0418. The molecule has 2 fully saturated rings. The van der Waals surface area contributed by atoms with Crippen LogP contribution in [0.3, 0.4) is 0 Å². The first-order valence-electron chi connectivity index (χ1n) is 8.70. The van der Waals surface area contributed by atoms with Crippen LogP contribution in [0.4, 0.5) is 4.79 Å². The number of nitrogens with one attached hydrogen (secondary N) is 3. The number of hydrogen-bond acceptors (Lipinski definition) is 5. The van der Waals surface area contributed by atoms with E-state index in [1.54, 1.807) is 0 Å². The van der Waals surface area contributed by atoms with Crippen molar-refractivity contribution >= 4 is 11.9 Å². The molecule has 2 aliphatic rings. The number of ether oxygens (including phenoxy) is 2. The summed E-state index contributed by atoms with van der Waals surface area (Å²) in [5, 5.41) is 18.5. The highest BCUT2D eigenvalue weighted by molar-refractivity contribution is 5.76. The number of rotatable bonds is 7. The van der Waals surface area contributed by atoms with Gasteiger partial charge in [0.15, 0.2) is 0 Å². The lowest BCUT2D eigenvalue weighted by molar-refractivity contribution is -0.124. The molecule has 0 aliphatic carbocycles. The van der Waals surface area contributed by atoms with Crippen LogP contribution in [0.5, 0.6) is 0 Å². The molecule has 0 radical (unpaired) electrons. The van der Waals surface area contributed by atoms with E-state index in [1.807, 2.05) is 20.8 Å². The highest BCUT2D eigenvalue weighted by Crippen LogP contribution is 2.35. The zero-order chi connectivity index (χ0) is 17.7. The average Bonchev–Trinajstić information content (AvgIpc) is 3.01. The monoisotopic (exact) mass is 343 g/mol. The van der Waals surface area contributed by atoms with Crippen molar-refractivity contribution in [3.63, 3.8) is 0 Å². The number of carbonyl (C=O) groups excluding carboxylic acids is 2. The fraction of sp³-hybridized carbons (Fsp3) is 0.875. The molecule has 0 unspecified atom stereocenters. The van der Waals surface area contributed by atoms with Crippen LogP contribution in [0.1, 0.15) is 40.0 Å². The summed E-state index contributed by atoms with van der Waals surface area (Å²) in [4.78, 5) is 23.3. The third kappa shape index (κ3) is 5.06. The average molecular weight is 343 g/mol. The second-order valence-corrected chi connectivity index (χ2v) is 6.73. The smallest absolute Gasteiger partial charge is 0.315 e. The third-order valence-electron chi connectivity index (χ3n) is 4.15. The molecule has 0 aromatic rings. The molecule has 4 N–H and O–H groups in total. The highest BCUT2D eigenvalue weighted by atomic mass is 16.6. The number of fused-ring (bicyclic) bond motifs is 1. The van der Waals surface area contributed by atoms with Gasteiger partial charge in [0.2, 0.25) is 5.91 Å². The van der Waals surface area contributed by atoms with Gasteiger partial charge in [-0.15, -0.1) is 0 Å². The Hall–Kier alpha value is -1.38. The molecule has 2 saturated heterocycles. The topological polar surface area (TPSA) is 109 Å². The first-order chi connectivity index (χ1) is 11.4. The summed E-state index contributed by atoms with van der Waals surface area (Å²) in [5.41, 5.74) is 0. The lowest BCUT2D eigenvalue weighted by Gasteiger charge is -2.20. The largest absolute Gasteiger partial charge is 0.388 e. The maximum Gasteiger partial charge on any atom is 0.315 e. The molecule has 0 aromatic carbocycles. The zero-order valence-electron chi connectivity index (χ0n) is 14.6. The van der Waals surface area contributed by atoms with Gasteiger partial charge in [-0.25, -0.2) is 4.79 Å². The molecule has 2 aliphatic heterocycles. The fourth-order valence-corrected chi connectivity index (χ4v) is 3.06. The molecular formula is C16H29N3O5. The quantitative estimate of drug-likeness (QED) is 0.516. The second-order valence-electron chi connectivity index (χ2n) is 6.73. The van der Waals surface area contributed by atoms with Crippen LogP contribution in [-0.4, -0.2) is 66.7 Å². The number of amides is 3. The summed E-state index contributed by atoms with van der Waals surface area (Å²) < 4.78 is 11.6. The Morgan fingerprint density at radius 2 is 2.00 bits per heavy atom. The summed E-state index contributed by atoms with van der Waals surface area (Å²) in [7, 11) is 0. The Balaban J connectivity index is 1.73. The van der Waals surface area contributed by atoms with E-state index in [0.29, 0.717) is 13.0 Å². The van der Waals surface area contributed by atoms with Gasteiger partial charge >= 0.3 is 6.03 Å². The Morgan fingerprint density at radius 1 is 1.25 bits per heavy atom. The molecular weight excluding hydrogens is 314 g/mol. The summed E-state index contributed by atoms with van der Waals surface area (Å²) in [6.45, 7) is 6.61. The van der Waals surface area contributed by atoms with Gasteiger partial charge in [0, 0.05) is 25.6 Å². The van der Waals surface area contributed by atoms with E-state index in [4.69, 9.17) is 9.47 Å². The van der Waals surface area contributed by atoms with Gasteiger partial charge in [0.05, 0.1) is 18.6 Å². The van der Waals surface area contributed by atoms with Gasteiger partial charge in [-0.1, -0.05) is 6.92 Å². The molecule has 2 rings (SSSR count). The summed E-state index contributed by atoms with van der Waals surface area (Å²) >= 11 is 0. The minimum Gasteiger partial charge on any atom is -0.388 e. The van der Waals surface area contributed by atoms with Gasteiger partial charge in [0.25, 0.3) is 0 Å². The van der Waals surface area contributed by atoms with E-state index in [-0.39, 0.29) is 43.2 Å². The van der Waals surface area contributed by atoms with Crippen molar-refractivity contribution in [2.24, 2.45) is 0 Å². The van der Waals surface area contributed by atoms with Crippen LogP contribution in [0.15, 0.2) is 0 Å². The van der Waals surface area contributed by atoms with Crippen molar-refractivity contribution in [3.8, 4) is 0 Å². The number of carbonyl (C=O) groups is 2. The predicted molar refractivity (Wildman–Crippen MR) is 87.5 cm³/mol. The number of hydrogen-bond donors (Lipinski definition) is 4. The first-order valence-corrected chi connectivity index (χ1v) is 8.70. The molecule has 8 nitrogen and oxygen atoms in total. The molecule has 8 heteroatoms. The number of aliphatic hydroxyl groups excluding tert-OH is 1. The van der Waals surface area contributed by atoms with Crippen LogP contribution >= 0.6 is 0 Å². The predicted octanol–water partition coefficient (Wildman–Crippen LogP) is -0.104. The maximum absolute atomic E-state index is 11.7. The van der Waals surface area contributed by atoms with Crippen LogP contribution in [0.25, 0.3) is 0 Å². The Labute approximate surface area is 142 Å². The third-order valence-corrected chi connectivity index (χ3v) is 4.15. The van der Waals surface area contributed by atoms with Crippen molar-refractivity contribution in [2.75, 3.05) is 13.1 Å². The lowest BCUT2D eigenvalue weighted by atomic mass is 10.1. The van der Waals surface area contributed by atoms with E-state index in [2.05, 4.69) is 16.0 Å². The molecule has 5 atom stereocenters. The van der Waals surface area contributed by atoms with Gasteiger partial charge in [-0.2, -0.15) is 0 Å². The second kappa shape index (κ2) is 8.64. The van der Waals surface area contributed by atoms with Crippen LogP contribution in [-0.2, 0) is 14.3 Å². The molecule has 0 bridgehead atoms. The lowest BCUT2D eigenvalue weighted by Crippen LogP contribution is -2.45. The maximum atomic E-state index is 11.7. The molecule has 2 heterocycles. The van der Waals surface area contributed by atoms with E-state index in [9.17, 15) is 14.7 Å². The summed E-state index contributed by atoms with van der Waals surface area (Å²) in [6.07, 6.45) is -0.448. The highest BCUT2D eigenvalue weighted by Gasteiger charge is 2.50. The first kappa shape index (κ1) is 19.0. The van der Waals surface area contributed by atoms with Gasteiger partial charge in [-0.05, 0) is 20.3 Å². The van der Waals surface area contributed by atoms with Gasteiger partial charge < -0.3 is 30.5 Å². The molecule has 3 amide bonds. The summed E-state index contributed by atoms with van der Waals surface area (Å²) in [5.74, 6) is -0.0418. The van der Waals surface area contributed by atoms with E-state index >= 15 is 0 Å². The van der Waals surface area contributed by atoms with Gasteiger partial charge in [-0.3, -0.25) is 4.79 Å². The van der Waals surface area contributed by atoms with Crippen molar-refractivity contribution in [2.45, 2.75) is 76.6 Å². The van der Waals surface area contributed by atoms with E-state index in [0.717, 1.165) is 6.42 Å². The standard InChI is InChI=1S/C16H29N3O5/c1-4-5-17-13(20)7-10-6-11-15(23-10)14(21)12(24-11)8-18-16(22)19-9(2)3/h9-12,14-15,21H,4-8H2,1-3H3,(H,17,20)(H2,18,19,22)/t10-,11+,12+,14+,15-/m0/s1. The minimum atomic E-state index is -0.807. The molecule has 0 spiro atoms. The number of aliphatic hydroxyl groups is 1. The Bertz CT molecular complexity index is 445. The van der Waals surface area contributed by atoms with Gasteiger partial charge in [0.1, 0.15) is 18.3 Å². The molecule has 24 heavy (non-hydrogen) atoms. The van der Waals surface area contributed by atoms with Crippen molar-refractivity contribution in [1.82, 2.24) is 16.0 Å². The van der Waals surface area contributed by atoms with Crippen LogP contribution < -0.4 is 16.0 Å². The van der Waals surface area contributed by atoms with Crippen LogP contribution in [0, 0.1) is 0 Å². The zero-order valence-corrected chi connectivity index (χ0v) is 14.6. The van der Waals surface area contributed by atoms with Crippen LogP contribution in [0.2, 0.25) is 0 Å². The molecule has 0 saturated carbocycles. The number of urea groups is 1. The fourth-order valence-electron chi connectivity index (χ4n) is 3.06. The van der Waals surface area contributed by atoms with E-state index in [1.165, 1.54) is 0 Å². The Morgan fingerprint density at radius 3 is 2.62 bits per heavy atom. The SMILES string of the molecule is CCCNC(=O)C[C@@H]1C[C@H]2O[C@H](CNC(=O)NC(C)C)[C@@H](O)[C@H]2O1. The normalized spacial score (nSPS) is 31.8.